The molecule has 4 nitrogen and oxygen atoms in total. The zero-order valence-corrected chi connectivity index (χ0v) is 17.1. The molecule has 0 atom stereocenters. The van der Waals surface area contributed by atoms with Gasteiger partial charge in [0, 0.05) is 11.4 Å². The maximum atomic E-state index is 12.5. The SMILES string of the molecule is Cc1nc(C(C)C)ccc1C(=O)Nc1ccc(Oc2ccccc2Br)cc1. The van der Waals surface area contributed by atoms with Crippen LogP contribution in [-0.4, -0.2) is 10.9 Å². The van der Waals surface area contributed by atoms with Gasteiger partial charge >= 0.3 is 0 Å². The Balaban J connectivity index is 1.69. The predicted molar refractivity (Wildman–Crippen MR) is 112 cm³/mol. The van der Waals surface area contributed by atoms with Gasteiger partial charge < -0.3 is 10.1 Å². The van der Waals surface area contributed by atoms with E-state index in [2.05, 4.69) is 40.1 Å². The van der Waals surface area contributed by atoms with Gasteiger partial charge in [-0.25, -0.2) is 0 Å². The average molecular weight is 425 g/mol. The molecular formula is C22H21BrN2O2. The lowest BCUT2D eigenvalue weighted by atomic mass is 10.1. The van der Waals surface area contributed by atoms with Gasteiger partial charge in [-0.2, -0.15) is 0 Å². The molecule has 1 amide bonds. The van der Waals surface area contributed by atoms with Crippen LogP contribution in [0.3, 0.4) is 0 Å². The number of hydrogen-bond acceptors (Lipinski definition) is 3. The monoisotopic (exact) mass is 424 g/mol. The summed E-state index contributed by atoms with van der Waals surface area (Å²) in [5, 5.41) is 2.91. The number of carbonyl (C=O) groups is 1. The molecule has 5 heteroatoms. The van der Waals surface area contributed by atoms with E-state index in [-0.39, 0.29) is 5.91 Å². The molecule has 0 aliphatic rings. The molecular weight excluding hydrogens is 404 g/mol. The van der Waals surface area contributed by atoms with Crippen molar-refractivity contribution >= 4 is 27.5 Å². The number of pyridine rings is 1. The Bertz CT molecular complexity index is 953. The highest BCUT2D eigenvalue weighted by Crippen LogP contribution is 2.29. The van der Waals surface area contributed by atoms with Crippen molar-refractivity contribution in [2.24, 2.45) is 0 Å². The Morgan fingerprint density at radius 3 is 2.37 bits per heavy atom. The molecule has 0 saturated heterocycles. The molecule has 0 spiro atoms. The Labute approximate surface area is 167 Å². The van der Waals surface area contributed by atoms with Gasteiger partial charge in [-0.3, -0.25) is 9.78 Å². The van der Waals surface area contributed by atoms with E-state index < -0.39 is 0 Å². The summed E-state index contributed by atoms with van der Waals surface area (Å²) in [6, 6.07) is 18.7. The summed E-state index contributed by atoms with van der Waals surface area (Å²) in [5.41, 5.74) is 2.99. The van der Waals surface area contributed by atoms with Gasteiger partial charge in [0.15, 0.2) is 0 Å². The highest BCUT2D eigenvalue weighted by molar-refractivity contribution is 9.10. The van der Waals surface area contributed by atoms with E-state index in [9.17, 15) is 4.79 Å². The summed E-state index contributed by atoms with van der Waals surface area (Å²) in [4.78, 5) is 17.1. The molecule has 1 heterocycles. The number of nitrogens with one attached hydrogen (secondary N) is 1. The molecule has 0 saturated carbocycles. The third-order valence-electron chi connectivity index (χ3n) is 4.12. The minimum Gasteiger partial charge on any atom is -0.456 e. The number of halogens is 1. The molecule has 0 radical (unpaired) electrons. The lowest BCUT2D eigenvalue weighted by Gasteiger charge is -2.11. The van der Waals surface area contributed by atoms with Crippen LogP contribution in [0.1, 0.15) is 41.5 Å². The molecule has 1 N–H and O–H groups in total. The first kappa shape index (κ1) is 19.1. The third-order valence-corrected chi connectivity index (χ3v) is 4.78. The molecule has 0 fully saturated rings. The van der Waals surface area contributed by atoms with Crippen LogP contribution in [-0.2, 0) is 0 Å². The van der Waals surface area contributed by atoms with E-state index in [1.54, 1.807) is 0 Å². The summed E-state index contributed by atoms with van der Waals surface area (Å²) >= 11 is 3.46. The lowest BCUT2D eigenvalue weighted by Crippen LogP contribution is -2.14. The smallest absolute Gasteiger partial charge is 0.257 e. The normalized spacial score (nSPS) is 10.7. The number of para-hydroxylation sites is 1. The third kappa shape index (κ3) is 4.74. The molecule has 3 aromatic rings. The fourth-order valence-corrected chi connectivity index (χ4v) is 2.97. The maximum absolute atomic E-state index is 12.5. The first-order valence-electron chi connectivity index (χ1n) is 8.75. The molecule has 2 aromatic carbocycles. The number of benzene rings is 2. The van der Waals surface area contributed by atoms with Crippen LogP contribution in [0.2, 0.25) is 0 Å². The van der Waals surface area contributed by atoms with Crippen LogP contribution < -0.4 is 10.1 Å². The molecule has 0 unspecified atom stereocenters. The summed E-state index contributed by atoms with van der Waals surface area (Å²) in [6.45, 7) is 6.02. The van der Waals surface area contributed by atoms with Crippen molar-refractivity contribution in [1.82, 2.24) is 4.98 Å². The zero-order chi connectivity index (χ0) is 19.4. The van der Waals surface area contributed by atoms with E-state index in [1.165, 1.54) is 0 Å². The van der Waals surface area contributed by atoms with Crippen LogP contribution in [0.5, 0.6) is 11.5 Å². The van der Waals surface area contributed by atoms with Crippen LogP contribution in [0.4, 0.5) is 5.69 Å². The van der Waals surface area contributed by atoms with Gasteiger partial charge in [0.1, 0.15) is 11.5 Å². The minimum absolute atomic E-state index is 0.172. The van der Waals surface area contributed by atoms with Crippen LogP contribution in [0, 0.1) is 6.92 Å². The number of hydrogen-bond donors (Lipinski definition) is 1. The number of rotatable bonds is 5. The van der Waals surface area contributed by atoms with E-state index in [0.717, 1.165) is 21.6 Å². The quantitative estimate of drug-likeness (QED) is 0.521. The van der Waals surface area contributed by atoms with Gasteiger partial charge in [0.2, 0.25) is 0 Å². The highest BCUT2D eigenvalue weighted by Gasteiger charge is 2.12. The molecule has 3 rings (SSSR count). The average Bonchev–Trinajstić information content (AvgIpc) is 2.65. The number of nitrogens with zero attached hydrogens (tertiary/aromatic N) is 1. The fourth-order valence-electron chi connectivity index (χ4n) is 2.60. The van der Waals surface area contributed by atoms with Gasteiger partial charge in [0.05, 0.1) is 15.7 Å². The standard InChI is InChI=1S/C22H21BrN2O2/c1-14(2)20-13-12-18(15(3)24-20)22(26)25-16-8-10-17(11-9-16)27-21-7-5-4-6-19(21)23/h4-14H,1-3H3,(H,25,26). The maximum Gasteiger partial charge on any atom is 0.257 e. The molecule has 0 bridgehead atoms. The van der Waals surface area contributed by atoms with Crippen LogP contribution in [0.15, 0.2) is 65.1 Å². The number of carbonyl (C=O) groups excluding carboxylic acids is 1. The first-order valence-corrected chi connectivity index (χ1v) is 9.54. The van der Waals surface area contributed by atoms with E-state index in [4.69, 9.17) is 4.74 Å². The summed E-state index contributed by atoms with van der Waals surface area (Å²) in [6.07, 6.45) is 0. The number of aromatic nitrogens is 1. The van der Waals surface area contributed by atoms with Crippen molar-refractivity contribution in [1.29, 1.82) is 0 Å². The second-order valence-corrected chi connectivity index (χ2v) is 7.39. The lowest BCUT2D eigenvalue weighted by molar-refractivity contribution is 0.102. The van der Waals surface area contributed by atoms with Crippen molar-refractivity contribution in [3.05, 3.63) is 82.1 Å². The summed E-state index contributed by atoms with van der Waals surface area (Å²) in [5.74, 6) is 1.59. The molecule has 1 aromatic heterocycles. The second kappa shape index (κ2) is 8.35. The van der Waals surface area contributed by atoms with Crippen molar-refractivity contribution in [3.63, 3.8) is 0 Å². The minimum atomic E-state index is -0.172. The Morgan fingerprint density at radius 2 is 1.74 bits per heavy atom. The number of ether oxygens (including phenoxy) is 1. The summed E-state index contributed by atoms with van der Waals surface area (Å²) in [7, 11) is 0. The second-order valence-electron chi connectivity index (χ2n) is 6.53. The van der Waals surface area contributed by atoms with Crippen molar-refractivity contribution in [2.45, 2.75) is 26.7 Å². The molecule has 27 heavy (non-hydrogen) atoms. The van der Waals surface area contributed by atoms with Crippen molar-refractivity contribution in [2.75, 3.05) is 5.32 Å². The largest absolute Gasteiger partial charge is 0.456 e. The van der Waals surface area contributed by atoms with Gasteiger partial charge in [-0.15, -0.1) is 0 Å². The molecule has 0 aliphatic carbocycles. The molecule has 0 aliphatic heterocycles. The molecule has 138 valence electrons. The van der Waals surface area contributed by atoms with E-state index >= 15 is 0 Å². The van der Waals surface area contributed by atoms with E-state index in [1.807, 2.05) is 67.6 Å². The Kier molecular flexibility index (Phi) is 5.91. The number of amides is 1. The Hall–Kier alpha value is -2.66. The topological polar surface area (TPSA) is 51.2 Å². The van der Waals surface area contributed by atoms with Crippen LogP contribution in [0.25, 0.3) is 0 Å². The van der Waals surface area contributed by atoms with Crippen molar-refractivity contribution in [3.8, 4) is 11.5 Å². The van der Waals surface area contributed by atoms with E-state index in [0.29, 0.717) is 22.9 Å². The van der Waals surface area contributed by atoms with Crippen molar-refractivity contribution < 1.29 is 9.53 Å². The van der Waals surface area contributed by atoms with Gasteiger partial charge in [-0.05, 0) is 77.3 Å². The summed E-state index contributed by atoms with van der Waals surface area (Å²) < 4.78 is 6.72. The fraction of sp³-hybridized carbons (Fsp3) is 0.182. The number of anilines is 1. The predicted octanol–water partition coefficient (Wildman–Crippen LogP) is 6.32. The van der Waals surface area contributed by atoms with Gasteiger partial charge in [0.25, 0.3) is 5.91 Å². The Morgan fingerprint density at radius 1 is 1.04 bits per heavy atom. The highest BCUT2D eigenvalue weighted by atomic mass is 79.9. The van der Waals surface area contributed by atoms with Gasteiger partial charge in [-0.1, -0.05) is 26.0 Å². The van der Waals surface area contributed by atoms with Crippen LogP contribution >= 0.6 is 15.9 Å². The zero-order valence-electron chi connectivity index (χ0n) is 15.5. The first-order chi connectivity index (χ1) is 12.9. The number of aryl methyl sites for hydroxylation is 1.